The molecule has 3 N–H and O–H groups in total. The summed E-state index contributed by atoms with van der Waals surface area (Å²) in [5.74, 6) is 0.750. The Balaban J connectivity index is 2.61. The molecular weight excluding hydrogens is 242 g/mol. The van der Waals surface area contributed by atoms with Gasteiger partial charge in [-0.25, -0.2) is 0 Å². The highest BCUT2D eigenvalue weighted by Gasteiger charge is 2.08. The number of rotatable bonds is 6. The van der Waals surface area contributed by atoms with Crippen molar-refractivity contribution in [3.05, 3.63) is 18.2 Å². The third kappa shape index (κ3) is 4.69. The SMILES string of the molecule is CC(C)Oc1cccc(NCCC(=O)N(C)C)c1N. The summed E-state index contributed by atoms with van der Waals surface area (Å²) in [6.45, 7) is 4.46. The van der Waals surface area contributed by atoms with Crippen LogP contribution in [0, 0.1) is 0 Å². The van der Waals surface area contributed by atoms with Gasteiger partial charge in [0.25, 0.3) is 0 Å². The van der Waals surface area contributed by atoms with Gasteiger partial charge in [-0.15, -0.1) is 0 Å². The van der Waals surface area contributed by atoms with Crippen molar-refractivity contribution in [1.29, 1.82) is 0 Å². The van der Waals surface area contributed by atoms with E-state index in [-0.39, 0.29) is 12.0 Å². The van der Waals surface area contributed by atoms with Crippen molar-refractivity contribution >= 4 is 17.3 Å². The van der Waals surface area contributed by atoms with Crippen molar-refractivity contribution in [2.45, 2.75) is 26.4 Å². The van der Waals surface area contributed by atoms with Crippen molar-refractivity contribution in [3.8, 4) is 5.75 Å². The molecule has 0 unspecified atom stereocenters. The number of anilines is 2. The molecule has 1 aromatic carbocycles. The average molecular weight is 265 g/mol. The molecule has 0 aliphatic rings. The summed E-state index contributed by atoms with van der Waals surface area (Å²) >= 11 is 0. The Morgan fingerprint density at radius 1 is 1.42 bits per heavy atom. The fraction of sp³-hybridized carbons (Fsp3) is 0.500. The summed E-state index contributed by atoms with van der Waals surface area (Å²) in [4.78, 5) is 13.0. The number of carbonyl (C=O) groups is 1. The molecule has 0 aliphatic carbocycles. The Labute approximate surface area is 114 Å². The van der Waals surface area contributed by atoms with Crippen LogP contribution in [0.1, 0.15) is 20.3 Å². The number of benzene rings is 1. The molecule has 19 heavy (non-hydrogen) atoms. The maximum atomic E-state index is 11.5. The predicted molar refractivity (Wildman–Crippen MR) is 78.4 cm³/mol. The highest BCUT2D eigenvalue weighted by molar-refractivity contribution is 5.77. The average Bonchev–Trinajstić information content (AvgIpc) is 2.32. The Hall–Kier alpha value is -1.91. The minimum absolute atomic E-state index is 0.0767. The number of nitrogens with zero attached hydrogens (tertiary/aromatic N) is 1. The fourth-order valence-corrected chi connectivity index (χ4v) is 1.58. The molecule has 0 fully saturated rings. The van der Waals surface area contributed by atoms with Crippen LogP contribution < -0.4 is 15.8 Å². The third-order valence-corrected chi connectivity index (χ3v) is 2.58. The van der Waals surface area contributed by atoms with Gasteiger partial charge < -0.3 is 20.7 Å². The summed E-state index contributed by atoms with van der Waals surface area (Å²) in [6, 6.07) is 5.60. The van der Waals surface area contributed by atoms with Crippen LogP contribution in [0.5, 0.6) is 5.75 Å². The number of amides is 1. The van der Waals surface area contributed by atoms with Gasteiger partial charge in [-0.05, 0) is 26.0 Å². The lowest BCUT2D eigenvalue weighted by Crippen LogP contribution is -2.24. The lowest BCUT2D eigenvalue weighted by atomic mass is 10.2. The van der Waals surface area contributed by atoms with E-state index in [2.05, 4.69) is 5.32 Å². The van der Waals surface area contributed by atoms with E-state index in [4.69, 9.17) is 10.5 Å². The van der Waals surface area contributed by atoms with Crippen LogP contribution in [0.15, 0.2) is 18.2 Å². The lowest BCUT2D eigenvalue weighted by molar-refractivity contribution is -0.128. The number of nitrogens with two attached hydrogens (primary N) is 1. The summed E-state index contributed by atoms with van der Waals surface area (Å²) < 4.78 is 5.61. The Morgan fingerprint density at radius 2 is 2.11 bits per heavy atom. The van der Waals surface area contributed by atoms with E-state index in [1.807, 2.05) is 32.0 Å². The van der Waals surface area contributed by atoms with Gasteiger partial charge in [0.2, 0.25) is 5.91 Å². The zero-order chi connectivity index (χ0) is 14.4. The maximum Gasteiger partial charge on any atom is 0.223 e. The van der Waals surface area contributed by atoms with E-state index >= 15 is 0 Å². The minimum Gasteiger partial charge on any atom is -0.489 e. The predicted octanol–water partition coefficient (Wildman–Crippen LogP) is 1.95. The minimum atomic E-state index is 0.0767. The first-order valence-electron chi connectivity index (χ1n) is 6.41. The monoisotopic (exact) mass is 265 g/mol. The fourth-order valence-electron chi connectivity index (χ4n) is 1.58. The zero-order valence-corrected chi connectivity index (χ0v) is 12.1. The summed E-state index contributed by atoms with van der Waals surface area (Å²) in [5.41, 5.74) is 7.40. The molecule has 0 heterocycles. The molecule has 1 rings (SSSR count). The molecule has 1 aromatic rings. The van der Waals surface area contributed by atoms with E-state index in [1.54, 1.807) is 19.0 Å². The van der Waals surface area contributed by atoms with Gasteiger partial charge in [0.05, 0.1) is 17.5 Å². The number of hydrogen-bond acceptors (Lipinski definition) is 4. The van der Waals surface area contributed by atoms with Crippen LogP contribution in [0.3, 0.4) is 0 Å². The van der Waals surface area contributed by atoms with E-state index in [0.29, 0.717) is 24.4 Å². The summed E-state index contributed by atoms with van der Waals surface area (Å²) in [5, 5.41) is 3.16. The molecule has 1 amide bonds. The van der Waals surface area contributed by atoms with Crippen LogP contribution in [-0.2, 0) is 4.79 Å². The summed E-state index contributed by atoms with van der Waals surface area (Å²) in [7, 11) is 3.49. The lowest BCUT2D eigenvalue weighted by Gasteiger charge is -2.16. The first kappa shape index (κ1) is 15.1. The third-order valence-electron chi connectivity index (χ3n) is 2.58. The summed E-state index contributed by atoms with van der Waals surface area (Å²) in [6.07, 6.45) is 0.509. The van der Waals surface area contributed by atoms with E-state index < -0.39 is 0 Å². The first-order chi connectivity index (χ1) is 8.91. The number of nitrogens with one attached hydrogen (secondary N) is 1. The molecule has 5 heteroatoms. The van der Waals surface area contributed by atoms with E-state index in [9.17, 15) is 4.79 Å². The topological polar surface area (TPSA) is 67.6 Å². The van der Waals surface area contributed by atoms with Gasteiger partial charge in [0, 0.05) is 27.1 Å². The van der Waals surface area contributed by atoms with Gasteiger partial charge in [0.15, 0.2) is 0 Å². The molecule has 0 spiro atoms. The van der Waals surface area contributed by atoms with Crippen LogP contribution in [0.2, 0.25) is 0 Å². The number of carbonyl (C=O) groups excluding carboxylic acids is 1. The smallest absolute Gasteiger partial charge is 0.223 e. The van der Waals surface area contributed by atoms with Crippen LogP contribution in [0.4, 0.5) is 11.4 Å². The van der Waals surface area contributed by atoms with Crippen molar-refractivity contribution in [2.75, 3.05) is 31.7 Å². The van der Waals surface area contributed by atoms with E-state index in [1.165, 1.54) is 0 Å². The van der Waals surface area contributed by atoms with Crippen molar-refractivity contribution < 1.29 is 9.53 Å². The van der Waals surface area contributed by atoms with Crippen LogP contribution >= 0.6 is 0 Å². The van der Waals surface area contributed by atoms with Gasteiger partial charge in [-0.3, -0.25) is 4.79 Å². The van der Waals surface area contributed by atoms with Gasteiger partial charge in [0.1, 0.15) is 5.75 Å². The molecule has 0 radical (unpaired) electrons. The van der Waals surface area contributed by atoms with Crippen LogP contribution in [-0.4, -0.2) is 37.6 Å². The molecule has 106 valence electrons. The molecule has 0 bridgehead atoms. The first-order valence-corrected chi connectivity index (χ1v) is 6.41. The molecular formula is C14H23N3O2. The Kier molecular flexibility index (Phi) is 5.48. The van der Waals surface area contributed by atoms with Gasteiger partial charge in [-0.1, -0.05) is 6.07 Å². The maximum absolute atomic E-state index is 11.5. The molecule has 0 saturated heterocycles. The number of para-hydroxylation sites is 1. The Bertz CT molecular complexity index is 431. The van der Waals surface area contributed by atoms with Crippen molar-refractivity contribution in [3.63, 3.8) is 0 Å². The molecule has 5 nitrogen and oxygen atoms in total. The van der Waals surface area contributed by atoms with Gasteiger partial charge >= 0.3 is 0 Å². The second-order valence-corrected chi connectivity index (χ2v) is 4.85. The highest BCUT2D eigenvalue weighted by atomic mass is 16.5. The van der Waals surface area contributed by atoms with Crippen molar-refractivity contribution in [2.24, 2.45) is 0 Å². The van der Waals surface area contributed by atoms with Crippen molar-refractivity contribution in [1.82, 2.24) is 4.90 Å². The normalized spacial score (nSPS) is 10.4. The number of hydrogen-bond donors (Lipinski definition) is 2. The second kappa shape index (κ2) is 6.87. The van der Waals surface area contributed by atoms with E-state index in [0.717, 1.165) is 5.69 Å². The quantitative estimate of drug-likeness (QED) is 0.771. The molecule has 0 atom stereocenters. The Morgan fingerprint density at radius 3 is 2.68 bits per heavy atom. The highest BCUT2D eigenvalue weighted by Crippen LogP contribution is 2.29. The largest absolute Gasteiger partial charge is 0.489 e. The van der Waals surface area contributed by atoms with Gasteiger partial charge in [-0.2, -0.15) is 0 Å². The van der Waals surface area contributed by atoms with Crippen LogP contribution in [0.25, 0.3) is 0 Å². The number of ether oxygens (including phenoxy) is 1. The zero-order valence-electron chi connectivity index (χ0n) is 12.1. The standard InChI is InChI=1S/C14H23N3O2/c1-10(2)19-12-7-5-6-11(14(12)15)16-9-8-13(18)17(3)4/h5-7,10,16H,8-9,15H2,1-4H3. The number of nitrogen functional groups attached to an aromatic ring is 1. The second-order valence-electron chi connectivity index (χ2n) is 4.85. The molecule has 0 aromatic heterocycles. The molecule has 0 saturated carbocycles. The molecule has 0 aliphatic heterocycles.